The summed E-state index contributed by atoms with van der Waals surface area (Å²) < 4.78 is 1.66. The lowest BCUT2D eigenvalue weighted by Gasteiger charge is -2.23. The van der Waals surface area contributed by atoms with E-state index in [4.69, 9.17) is 10.7 Å². The van der Waals surface area contributed by atoms with E-state index < -0.39 is 0 Å². The highest BCUT2D eigenvalue weighted by Gasteiger charge is 2.28. The molecule has 4 heterocycles. The zero-order chi connectivity index (χ0) is 15.8. The van der Waals surface area contributed by atoms with Crippen LogP contribution < -0.4 is 5.73 Å². The number of nitriles is 1. The Bertz CT molecular complexity index is 881. The van der Waals surface area contributed by atoms with E-state index in [-0.39, 0.29) is 6.71 Å². The zero-order valence-corrected chi connectivity index (χ0v) is 13.3. The van der Waals surface area contributed by atoms with Crippen molar-refractivity contribution in [2.24, 2.45) is 0 Å². The van der Waals surface area contributed by atoms with Gasteiger partial charge >= 0.3 is 0 Å². The molecule has 0 amide bonds. The SMILES string of the molecule is N#CB1CCCC(c2cc(N)n3ncc(-c4nccs4)c3n2)C1. The standard InChI is InChI=1S/C15H15BN6S/c17-9-16-3-1-2-10(7-16)12-6-13(18)22-14(21-12)11(8-20-22)15-19-4-5-23-15/h4-6,8,10H,1-3,7,18H2. The van der Waals surface area contributed by atoms with Gasteiger partial charge in [0.2, 0.25) is 0 Å². The number of nitrogens with two attached hydrogens (primary N) is 1. The Morgan fingerprint density at radius 1 is 1.48 bits per heavy atom. The second-order valence-corrected chi connectivity index (χ2v) is 6.82. The fraction of sp³-hybridized carbons (Fsp3) is 0.333. The highest BCUT2D eigenvalue weighted by Crippen LogP contribution is 2.35. The molecule has 6 nitrogen and oxygen atoms in total. The summed E-state index contributed by atoms with van der Waals surface area (Å²) in [7, 11) is 0. The van der Waals surface area contributed by atoms with Crippen molar-refractivity contribution in [3.63, 3.8) is 0 Å². The van der Waals surface area contributed by atoms with Gasteiger partial charge in [-0.15, -0.1) is 11.3 Å². The number of nitrogens with zero attached hydrogens (tertiary/aromatic N) is 5. The van der Waals surface area contributed by atoms with Crippen LogP contribution in [0.5, 0.6) is 0 Å². The highest BCUT2D eigenvalue weighted by atomic mass is 32.1. The lowest BCUT2D eigenvalue weighted by molar-refractivity contribution is 0.614. The Hall–Kier alpha value is -2.40. The molecule has 1 unspecified atom stereocenters. The first-order valence-electron chi connectivity index (χ1n) is 7.70. The summed E-state index contributed by atoms with van der Waals surface area (Å²) in [6.07, 6.45) is 7.51. The number of thiazole rings is 1. The summed E-state index contributed by atoms with van der Waals surface area (Å²) in [6.45, 7) is 0.122. The van der Waals surface area contributed by atoms with Crippen molar-refractivity contribution >= 4 is 29.5 Å². The van der Waals surface area contributed by atoms with E-state index in [2.05, 4.69) is 16.1 Å². The van der Waals surface area contributed by atoms with Crippen LogP contribution in [0.25, 0.3) is 16.2 Å². The minimum Gasteiger partial charge on any atom is -0.384 e. The number of hydrogen-bond acceptors (Lipinski definition) is 6. The summed E-state index contributed by atoms with van der Waals surface area (Å²) >= 11 is 1.56. The molecule has 0 radical (unpaired) electrons. The molecule has 114 valence electrons. The molecule has 0 bridgehead atoms. The molecule has 1 fully saturated rings. The second kappa shape index (κ2) is 5.67. The summed E-state index contributed by atoms with van der Waals surface area (Å²) in [6, 6.07) is 1.90. The van der Waals surface area contributed by atoms with E-state index in [1.54, 1.807) is 28.2 Å². The first-order valence-corrected chi connectivity index (χ1v) is 8.58. The molecular formula is C15H15BN6S. The largest absolute Gasteiger partial charge is 0.384 e. The minimum atomic E-state index is 0.122. The van der Waals surface area contributed by atoms with Crippen LogP contribution in [-0.4, -0.2) is 26.3 Å². The van der Waals surface area contributed by atoms with Crippen molar-refractivity contribution in [1.29, 1.82) is 5.26 Å². The van der Waals surface area contributed by atoms with Crippen LogP contribution in [0.2, 0.25) is 12.6 Å². The van der Waals surface area contributed by atoms with Gasteiger partial charge in [0.25, 0.3) is 6.71 Å². The fourth-order valence-electron chi connectivity index (χ4n) is 3.30. The van der Waals surface area contributed by atoms with Gasteiger partial charge in [-0.05, 0) is 12.3 Å². The predicted molar refractivity (Wildman–Crippen MR) is 91.5 cm³/mol. The Morgan fingerprint density at radius 2 is 2.39 bits per heavy atom. The van der Waals surface area contributed by atoms with Crippen LogP contribution >= 0.6 is 11.3 Å². The maximum atomic E-state index is 9.20. The molecule has 1 saturated heterocycles. The summed E-state index contributed by atoms with van der Waals surface area (Å²) in [5, 5.41) is 16.4. The van der Waals surface area contributed by atoms with Gasteiger partial charge in [0.05, 0.1) is 11.8 Å². The van der Waals surface area contributed by atoms with Crippen LogP contribution in [0.4, 0.5) is 5.82 Å². The van der Waals surface area contributed by atoms with Crippen LogP contribution in [0.3, 0.4) is 0 Å². The average Bonchev–Trinajstić information content (AvgIpc) is 3.23. The Balaban J connectivity index is 1.80. The third kappa shape index (κ3) is 2.47. The van der Waals surface area contributed by atoms with Crippen molar-refractivity contribution < 1.29 is 0 Å². The number of fused-ring (bicyclic) bond motifs is 1. The maximum absolute atomic E-state index is 9.20. The Labute approximate surface area is 138 Å². The van der Waals surface area contributed by atoms with Gasteiger partial charge in [-0.2, -0.15) is 9.61 Å². The molecule has 23 heavy (non-hydrogen) atoms. The average molecular weight is 322 g/mol. The van der Waals surface area contributed by atoms with Gasteiger partial charge in [0.15, 0.2) is 5.65 Å². The third-order valence-corrected chi connectivity index (χ3v) is 5.26. The molecule has 1 aliphatic heterocycles. The molecule has 1 aliphatic rings. The molecule has 3 aromatic heterocycles. The Kier molecular flexibility index (Phi) is 3.50. The van der Waals surface area contributed by atoms with Crippen LogP contribution in [0.1, 0.15) is 24.5 Å². The Morgan fingerprint density at radius 3 is 3.17 bits per heavy atom. The molecule has 0 aliphatic carbocycles. The highest BCUT2D eigenvalue weighted by molar-refractivity contribution is 7.13. The minimum absolute atomic E-state index is 0.122. The molecule has 0 spiro atoms. The molecule has 4 rings (SSSR count). The summed E-state index contributed by atoms with van der Waals surface area (Å²) in [5.41, 5.74) is 8.79. The summed E-state index contributed by atoms with van der Waals surface area (Å²) in [4.78, 5) is 9.17. The van der Waals surface area contributed by atoms with E-state index in [1.807, 2.05) is 11.4 Å². The molecule has 2 N–H and O–H groups in total. The second-order valence-electron chi connectivity index (χ2n) is 5.93. The molecule has 1 atom stereocenters. The number of aromatic nitrogens is 4. The van der Waals surface area contributed by atoms with Crippen molar-refractivity contribution in [2.45, 2.75) is 31.4 Å². The van der Waals surface area contributed by atoms with Gasteiger partial charge in [0, 0.05) is 29.3 Å². The van der Waals surface area contributed by atoms with Crippen molar-refractivity contribution in [1.82, 2.24) is 19.6 Å². The van der Waals surface area contributed by atoms with E-state index in [0.29, 0.717) is 11.7 Å². The lowest BCUT2D eigenvalue weighted by Crippen LogP contribution is -2.21. The van der Waals surface area contributed by atoms with E-state index in [0.717, 1.165) is 47.4 Å². The van der Waals surface area contributed by atoms with Gasteiger partial charge < -0.3 is 5.73 Å². The first-order chi connectivity index (χ1) is 11.3. The van der Waals surface area contributed by atoms with E-state index >= 15 is 0 Å². The molecule has 0 saturated carbocycles. The fourth-order valence-corrected chi connectivity index (χ4v) is 3.94. The van der Waals surface area contributed by atoms with Crippen molar-refractivity contribution in [3.8, 4) is 16.5 Å². The van der Waals surface area contributed by atoms with Gasteiger partial charge in [-0.3, -0.25) is 0 Å². The van der Waals surface area contributed by atoms with Crippen LogP contribution in [-0.2, 0) is 0 Å². The monoisotopic (exact) mass is 322 g/mol. The van der Waals surface area contributed by atoms with E-state index in [9.17, 15) is 5.26 Å². The summed E-state index contributed by atoms with van der Waals surface area (Å²) in [5.74, 6) is 3.27. The number of hydrogen-bond donors (Lipinski definition) is 1. The normalized spacial score (nSPS) is 18.2. The van der Waals surface area contributed by atoms with Gasteiger partial charge in [0.1, 0.15) is 10.8 Å². The quantitative estimate of drug-likeness (QED) is 0.732. The number of anilines is 1. The molecule has 3 aromatic rings. The lowest BCUT2D eigenvalue weighted by atomic mass is 9.41. The van der Waals surface area contributed by atoms with Gasteiger partial charge in [-0.25, -0.2) is 15.2 Å². The molecule has 8 heteroatoms. The van der Waals surface area contributed by atoms with E-state index in [1.165, 1.54) is 0 Å². The van der Waals surface area contributed by atoms with Crippen LogP contribution in [0.15, 0.2) is 23.8 Å². The zero-order valence-electron chi connectivity index (χ0n) is 12.5. The molecular weight excluding hydrogens is 307 g/mol. The predicted octanol–water partition coefficient (Wildman–Crippen LogP) is 2.87. The smallest absolute Gasteiger partial charge is 0.268 e. The third-order valence-electron chi connectivity index (χ3n) is 4.46. The van der Waals surface area contributed by atoms with Gasteiger partial charge in [-0.1, -0.05) is 19.1 Å². The maximum Gasteiger partial charge on any atom is 0.268 e. The molecule has 0 aromatic carbocycles. The first kappa shape index (κ1) is 14.2. The van der Waals surface area contributed by atoms with Crippen LogP contribution in [0, 0.1) is 11.2 Å². The number of nitrogen functional groups attached to an aromatic ring is 1. The number of rotatable bonds is 2. The van der Waals surface area contributed by atoms with Crippen molar-refractivity contribution in [2.75, 3.05) is 5.73 Å². The topological polar surface area (TPSA) is 92.9 Å². The van der Waals surface area contributed by atoms with Crippen molar-refractivity contribution in [3.05, 3.63) is 29.5 Å².